The van der Waals surface area contributed by atoms with Gasteiger partial charge in [0.15, 0.2) is 0 Å². The van der Waals surface area contributed by atoms with Crippen LogP contribution in [0.1, 0.15) is 12.8 Å². The van der Waals surface area contributed by atoms with E-state index in [4.69, 9.17) is 0 Å². The van der Waals surface area contributed by atoms with Crippen LogP contribution in [0, 0.1) is 0 Å². The van der Waals surface area contributed by atoms with Crippen molar-refractivity contribution in [2.45, 2.75) is 18.4 Å². The summed E-state index contributed by atoms with van der Waals surface area (Å²) < 4.78 is 0. The van der Waals surface area contributed by atoms with Crippen molar-refractivity contribution in [2.24, 2.45) is 0 Å². The Kier molecular flexibility index (Phi) is 4.64. The molecule has 0 saturated carbocycles. The molecule has 9 heteroatoms. The van der Waals surface area contributed by atoms with E-state index in [2.05, 4.69) is 20.6 Å². The van der Waals surface area contributed by atoms with Gasteiger partial charge in [-0.25, -0.2) is 14.8 Å². The fourth-order valence-electron chi connectivity index (χ4n) is 3.57. The Morgan fingerprint density at radius 3 is 2.43 bits per heavy atom. The molecule has 2 N–H and O–H groups in total. The molecule has 2 aromatic rings. The maximum absolute atomic E-state index is 12.9. The number of amides is 4. The predicted molar refractivity (Wildman–Crippen MR) is 102 cm³/mol. The topological polar surface area (TPSA) is 108 Å². The lowest BCUT2D eigenvalue weighted by molar-refractivity contribution is -0.134. The minimum absolute atomic E-state index is 0.313. The molecule has 1 spiro atoms. The molecule has 0 bridgehead atoms. The van der Waals surface area contributed by atoms with Crippen molar-refractivity contribution in [3.05, 3.63) is 48.8 Å². The number of carbonyl (C=O) groups is 3. The van der Waals surface area contributed by atoms with Crippen LogP contribution in [0.15, 0.2) is 48.8 Å². The molecule has 2 saturated heterocycles. The Balaban J connectivity index is 1.39. The highest BCUT2D eigenvalue weighted by Crippen LogP contribution is 2.30. The number of aromatic nitrogens is 2. The number of nitrogens with zero attached hydrogens (tertiary/aromatic N) is 4. The lowest BCUT2D eigenvalue weighted by atomic mass is 9.87. The van der Waals surface area contributed by atoms with Crippen LogP contribution < -0.4 is 15.5 Å². The molecule has 0 unspecified atom stereocenters. The molecule has 0 radical (unpaired) electrons. The smallest absolute Gasteiger partial charge is 0.325 e. The van der Waals surface area contributed by atoms with Crippen LogP contribution in [-0.4, -0.2) is 57.9 Å². The maximum Gasteiger partial charge on any atom is 0.325 e. The van der Waals surface area contributed by atoms with Crippen molar-refractivity contribution in [1.29, 1.82) is 0 Å². The van der Waals surface area contributed by atoms with Crippen molar-refractivity contribution in [3.63, 3.8) is 0 Å². The molecule has 28 heavy (non-hydrogen) atoms. The first-order chi connectivity index (χ1) is 13.6. The highest BCUT2D eigenvalue weighted by molar-refractivity contribution is 6.10. The van der Waals surface area contributed by atoms with Crippen molar-refractivity contribution >= 4 is 29.5 Å². The first kappa shape index (κ1) is 17.9. The van der Waals surface area contributed by atoms with Gasteiger partial charge in [-0.3, -0.25) is 14.5 Å². The average Bonchev–Trinajstić information content (AvgIpc) is 2.94. The third-order valence-corrected chi connectivity index (χ3v) is 5.06. The maximum atomic E-state index is 12.9. The van der Waals surface area contributed by atoms with Crippen LogP contribution in [0.3, 0.4) is 0 Å². The van der Waals surface area contributed by atoms with Gasteiger partial charge < -0.3 is 15.5 Å². The molecule has 0 atom stereocenters. The molecule has 4 amide bonds. The molecule has 1 aromatic carbocycles. The Bertz CT molecular complexity index is 881. The van der Waals surface area contributed by atoms with Gasteiger partial charge in [-0.15, -0.1) is 0 Å². The van der Waals surface area contributed by atoms with Gasteiger partial charge in [0.05, 0.1) is 0 Å². The quantitative estimate of drug-likeness (QED) is 0.767. The van der Waals surface area contributed by atoms with E-state index >= 15 is 0 Å². The Hall–Kier alpha value is -3.49. The molecular formula is C19H20N6O3. The van der Waals surface area contributed by atoms with Gasteiger partial charge in [0.1, 0.15) is 12.1 Å². The molecule has 144 valence electrons. The first-order valence-corrected chi connectivity index (χ1v) is 9.08. The number of para-hydroxylation sites is 1. The first-order valence-electron chi connectivity index (χ1n) is 9.08. The molecule has 2 aliphatic heterocycles. The summed E-state index contributed by atoms with van der Waals surface area (Å²) in [7, 11) is 0. The van der Waals surface area contributed by atoms with E-state index in [-0.39, 0.29) is 12.5 Å². The highest BCUT2D eigenvalue weighted by Gasteiger charge is 2.52. The second-order valence-corrected chi connectivity index (χ2v) is 6.85. The zero-order chi connectivity index (χ0) is 19.6. The number of benzene rings is 1. The summed E-state index contributed by atoms with van der Waals surface area (Å²) in [6.45, 7) is 0.771. The van der Waals surface area contributed by atoms with Gasteiger partial charge in [-0.2, -0.15) is 0 Å². The van der Waals surface area contributed by atoms with Gasteiger partial charge in [0.25, 0.3) is 5.91 Å². The summed E-state index contributed by atoms with van der Waals surface area (Å²) in [5, 5.41) is 5.49. The number of hydrogen-bond donors (Lipinski definition) is 2. The summed E-state index contributed by atoms with van der Waals surface area (Å²) in [5.41, 5.74) is -0.347. The van der Waals surface area contributed by atoms with E-state index < -0.39 is 17.5 Å². The summed E-state index contributed by atoms with van der Waals surface area (Å²) in [6.07, 6.45) is 4.21. The average molecular weight is 380 g/mol. The lowest BCUT2D eigenvalue weighted by Gasteiger charge is -2.37. The standard InChI is InChI=1S/C19H20N6O3/c26-15(22-14-5-2-1-3-6-14)13-25-16(27)19(23-18(25)28)7-11-24(12-8-19)17-20-9-4-10-21-17/h1-6,9-10H,7-8,11-13H2,(H,22,26)(H,23,28). The third kappa shape index (κ3) is 3.38. The second kappa shape index (κ2) is 7.26. The van der Waals surface area contributed by atoms with Crippen LogP contribution in [-0.2, 0) is 9.59 Å². The van der Waals surface area contributed by atoms with Crippen LogP contribution in [0.5, 0.6) is 0 Å². The number of hydrogen-bond acceptors (Lipinski definition) is 6. The molecule has 4 rings (SSSR count). The monoisotopic (exact) mass is 380 g/mol. The number of anilines is 2. The van der Waals surface area contributed by atoms with Crippen LogP contribution in [0.2, 0.25) is 0 Å². The van der Waals surface area contributed by atoms with Gasteiger partial charge in [-0.05, 0) is 31.0 Å². The number of nitrogens with one attached hydrogen (secondary N) is 2. The summed E-state index contributed by atoms with van der Waals surface area (Å²) in [5.74, 6) is -0.163. The molecule has 0 aliphatic carbocycles. The predicted octanol–water partition coefficient (Wildman–Crippen LogP) is 1.01. The van der Waals surface area contributed by atoms with Gasteiger partial charge in [-0.1, -0.05) is 18.2 Å². The van der Waals surface area contributed by atoms with Gasteiger partial charge in [0, 0.05) is 31.2 Å². The van der Waals surface area contributed by atoms with E-state index in [0.29, 0.717) is 37.6 Å². The Morgan fingerprint density at radius 1 is 1.07 bits per heavy atom. The van der Waals surface area contributed by atoms with Crippen molar-refractivity contribution < 1.29 is 14.4 Å². The lowest BCUT2D eigenvalue weighted by Crippen LogP contribution is -2.55. The van der Waals surface area contributed by atoms with Crippen LogP contribution in [0.25, 0.3) is 0 Å². The van der Waals surface area contributed by atoms with Gasteiger partial charge in [0.2, 0.25) is 11.9 Å². The summed E-state index contributed by atoms with van der Waals surface area (Å²) in [4.78, 5) is 49.0. The fourth-order valence-corrected chi connectivity index (χ4v) is 3.57. The van der Waals surface area contributed by atoms with Crippen LogP contribution in [0.4, 0.5) is 16.4 Å². The minimum Gasteiger partial charge on any atom is -0.341 e. The Labute approximate surface area is 161 Å². The zero-order valence-electron chi connectivity index (χ0n) is 15.2. The van der Waals surface area contributed by atoms with E-state index in [1.165, 1.54) is 0 Å². The van der Waals surface area contributed by atoms with Crippen LogP contribution >= 0.6 is 0 Å². The molecule has 2 aliphatic rings. The van der Waals surface area contributed by atoms with E-state index in [0.717, 1.165) is 4.90 Å². The molecule has 2 fully saturated rings. The number of carbonyl (C=O) groups excluding carboxylic acids is 3. The minimum atomic E-state index is -0.963. The van der Waals surface area contributed by atoms with E-state index in [9.17, 15) is 14.4 Å². The van der Waals surface area contributed by atoms with E-state index in [1.807, 2.05) is 11.0 Å². The van der Waals surface area contributed by atoms with Crippen molar-refractivity contribution in [3.8, 4) is 0 Å². The largest absolute Gasteiger partial charge is 0.341 e. The SMILES string of the molecule is O=C(CN1C(=O)NC2(CCN(c3ncccn3)CC2)C1=O)Nc1ccccc1. The molecule has 3 heterocycles. The van der Waals surface area contributed by atoms with E-state index in [1.54, 1.807) is 42.7 Å². The number of imide groups is 1. The molecule has 9 nitrogen and oxygen atoms in total. The third-order valence-electron chi connectivity index (χ3n) is 5.06. The number of urea groups is 1. The zero-order valence-corrected chi connectivity index (χ0v) is 15.2. The van der Waals surface area contributed by atoms with Gasteiger partial charge >= 0.3 is 6.03 Å². The number of piperidine rings is 1. The highest BCUT2D eigenvalue weighted by atomic mass is 16.2. The molecule has 1 aromatic heterocycles. The summed E-state index contributed by atoms with van der Waals surface area (Å²) >= 11 is 0. The second-order valence-electron chi connectivity index (χ2n) is 6.85. The number of rotatable bonds is 4. The fraction of sp³-hybridized carbons (Fsp3) is 0.316. The summed E-state index contributed by atoms with van der Waals surface area (Å²) in [6, 6.07) is 10.1. The Morgan fingerprint density at radius 2 is 1.75 bits per heavy atom. The van der Waals surface area contributed by atoms with Crippen molar-refractivity contribution in [1.82, 2.24) is 20.2 Å². The normalized spacial score (nSPS) is 18.3. The van der Waals surface area contributed by atoms with Crippen molar-refractivity contribution in [2.75, 3.05) is 29.9 Å². The molecular weight excluding hydrogens is 360 g/mol.